The minimum atomic E-state index is 0.658. The molecule has 0 aliphatic rings. The molecule has 124 valence electrons. The van der Waals surface area contributed by atoms with Crippen LogP contribution >= 0.6 is 0 Å². The topological polar surface area (TPSA) is 45.5 Å². The van der Waals surface area contributed by atoms with Crippen molar-refractivity contribution in [1.29, 1.82) is 0 Å². The lowest BCUT2D eigenvalue weighted by Crippen LogP contribution is -2.00. The highest BCUT2D eigenvalue weighted by atomic mass is 16.5. The van der Waals surface area contributed by atoms with Crippen LogP contribution in [0, 0.1) is 0 Å². The fourth-order valence-electron chi connectivity index (χ4n) is 2.58. The Bertz CT molecular complexity index is 825. The van der Waals surface area contributed by atoms with E-state index in [1.54, 1.807) is 21.3 Å². The molecule has 0 atom stereocenters. The predicted molar refractivity (Wildman–Crippen MR) is 94.4 cm³/mol. The SMILES string of the molecule is C=C(OC)c1ccc(Cn2cc3cc(OC)c(OC)cc3n2)cc1. The third-order valence-electron chi connectivity index (χ3n) is 3.92. The highest BCUT2D eigenvalue weighted by molar-refractivity contribution is 5.82. The maximum atomic E-state index is 5.34. The van der Waals surface area contributed by atoms with Crippen molar-refractivity contribution in [2.45, 2.75) is 6.54 Å². The summed E-state index contributed by atoms with van der Waals surface area (Å²) in [6.07, 6.45) is 2.00. The Morgan fingerprint density at radius 2 is 1.71 bits per heavy atom. The molecule has 0 saturated carbocycles. The summed E-state index contributed by atoms with van der Waals surface area (Å²) in [7, 11) is 4.87. The molecule has 24 heavy (non-hydrogen) atoms. The first-order valence-electron chi connectivity index (χ1n) is 7.56. The van der Waals surface area contributed by atoms with Gasteiger partial charge in [0.25, 0.3) is 0 Å². The van der Waals surface area contributed by atoms with Crippen LogP contribution < -0.4 is 9.47 Å². The van der Waals surface area contributed by atoms with Crippen LogP contribution in [0.4, 0.5) is 0 Å². The Morgan fingerprint density at radius 1 is 1.04 bits per heavy atom. The van der Waals surface area contributed by atoms with E-state index in [0.717, 1.165) is 22.0 Å². The number of rotatable bonds is 6. The summed E-state index contributed by atoms with van der Waals surface area (Å²) in [4.78, 5) is 0. The van der Waals surface area contributed by atoms with Gasteiger partial charge in [0, 0.05) is 23.2 Å². The second-order valence-corrected chi connectivity index (χ2v) is 5.42. The van der Waals surface area contributed by atoms with Gasteiger partial charge in [-0.05, 0) is 11.6 Å². The second-order valence-electron chi connectivity index (χ2n) is 5.42. The van der Waals surface area contributed by atoms with Crippen LogP contribution in [-0.4, -0.2) is 31.1 Å². The fraction of sp³-hybridized carbons (Fsp3) is 0.211. The van der Waals surface area contributed by atoms with Crippen molar-refractivity contribution in [3.05, 3.63) is 60.3 Å². The zero-order valence-corrected chi connectivity index (χ0v) is 14.1. The van der Waals surface area contributed by atoms with Gasteiger partial charge in [-0.25, -0.2) is 0 Å². The number of aromatic nitrogens is 2. The first-order valence-corrected chi connectivity index (χ1v) is 7.56. The lowest BCUT2D eigenvalue weighted by Gasteiger charge is -2.06. The first kappa shape index (κ1) is 15.9. The molecule has 0 bridgehead atoms. The van der Waals surface area contributed by atoms with Crippen LogP contribution in [0.15, 0.2) is 49.2 Å². The molecule has 0 unspecified atom stereocenters. The van der Waals surface area contributed by atoms with E-state index in [1.807, 2.05) is 47.3 Å². The molecule has 2 aromatic carbocycles. The van der Waals surface area contributed by atoms with Gasteiger partial charge in [-0.3, -0.25) is 4.68 Å². The van der Waals surface area contributed by atoms with Crippen molar-refractivity contribution in [3.8, 4) is 11.5 Å². The Morgan fingerprint density at radius 3 is 2.33 bits per heavy atom. The first-order chi connectivity index (χ1) is 11.6. The fourth-order valence-corrected chi connectivity index (χ4v) is 2.58. The van der Waals surface area contributed by atoms with E-state index in [2.05, 4.69) is 11.7 Å². The van der Waals surface area contributed by atoms with Crippen molar-refractivity contribution in [2.75, 3.05) is 21.3 Å². The second kappa shape index (κ2) is 6.66. The molecule has 0 amide bonds. The van der Waals surface area contributed by atoms with Gasteiger partial charge in [0.15, 0.2) is 11.5 Å². The van der Waals surface area contributed by atoms with Crippen LogP contribution in [0.2, 0.25) is 0 Å². The number of nitrogens with zero attached hydrogens (tertiary/aromatic N) is 2. The van der Waals surface area contributed by atoms with Gasteiger partial charge in [0.05, 0.1) is 33.4 Å². The molecule has 0 aliphatic carbocycles. The third kappa shape index (κ3) is 3.06. The van der Waals surface area contributed by atoms with Gasteiger partial charge in [-0.1, -0.05) is 30.8 Å². The summed E-state index contributed by atoms with van der Waals surface area (Å²) in [6.45, 7) is 4.53. The summed E-state index contributed by atoms with van der Waals surface area (Å²) in [5.41, 5.74) is 2.99. The lowest BCUT2D eigenvalue weighted by molar-refractivity contribution is 0.356. The van der Waals surface area contributed by atoms with Gasteiger partial charge >= 0.3 is 0 Å². The normalized spacial score (nSPS) is 10.6. The monoisotopic (exact) mass is 324 g/mol. The number of fused-ring (bicyclic) bond motifs is 1. The minimum Gasteiger partial charge on any atom is -0.497 e. The number of benzene rings is 2. The van der Waals surface area contributed by atoms with Crippen LogP contribution in [-0.2, 0) is 11.3 Å². The quantitative estimate of drug-likeness (QED) is 0.648. The van der Waals surface area contributed by atoms with E-state index in [-0.39, 0.29) is 0 Å². The maximum Gasteiger partial charge on any atom is 0.162 e. The van der Waals surface area contributed by atoms with Crippen molar-refractivity contribution in [2.24, 2.45) is 0 Å². The van der Waals surface area contributed by atoms with E-state index in [4.69, 9.17) is 14.2 Å². The molecule has 0 saturated heterocycles. The molecule has 0 aliphatic heterocycles. The van der Waals surface area contributed by atoms with Crippen LogP contribution in [0.3, 0.4) is 0 Å². The summed E-state index contributed by atoms with van der Waals surface area (Å²) in [6, 6.07) is 11.9. The van der Waals surface area contributed by atoms with E-state index in [1.165, 1.54) is 0 Å². The van der Waals surface area contributed by atoms with Crippen LogP contribution in [0.1, 0.15) is 11.1 Å². The molecule has 0 fully saturated rings. The highest BCUT2D eigenvalue weighted by Crippen LogP contribution is 2.31. The highest BCUT2D eigenvalue weighted by Gasteiger charge is 2.09. The van der Waals surface area contributed by atoms with E-state index < -0.39 is 0 Å². The average Bonchev–Trinajstić information content (AvgIpc) is 3.01. The van der Waals surface area contributed by atoms with E-state index in [9.17, 15) is 0 Å². The third-order valence-corrected chi connectivity index (χ3v) is 3.92. The molecule has 1 heterocycles. The molecule has 3 aromatic rings. The Balaban J connectivity index is 1.86. The summed E-state index contributed by atoms with van der Waals surface area (Å²) in [5.74, 6) is 2.04. The predicted octanol–water partition coefficient (Wildman–Crippen LogP) is 3.72. The van der Waals surface area contributed by atoms with Crippen molar-refractivity contribution in [3.63, 3.8) is 0 Å². The van der Waals surface area contributed by atoms with E-state index in [0.29, 0.717) is 23.8 Å². The minimum absolute atomic E-state index is 0.658. The standard InChI is InChI=1S/C19H20N2O3/c1-13(22-2)15-7-5-14(6-8-15)11-21-12-16-9-18(23-3)19(24-4)10-17(16)20-21/h5-10,12H,1,11H2,2-4H3. The van der Waals surface area contributed by atoms with Gasteiger partial charge in [-0.15, -0.1) is 0 Å². The van der Waals surface area contributed by atoms with Crippen molar-refractivity contribution < 1.29 is 14.2 Å². The van der Waals surface area contributed by atoms with Gasteiger partial charge in [0.2, 0.25) is 0 Å². The molecule has 3 rings (SSSR count). The number of methoxy groups -OCH3 is 3. The summed E-state index contributed by atoms with van der Waals surface area (Å²) in [5, 5.41) is 5.62. The summed E-state index contributed by atoms with van der Waals surface area (Å²) >= 11 is 0. The van der Waals surface area contributed by atoms with Gasteiger partial charge in [0.1, 0.15) is 5.76 Å². The summed E-state index contributed by atoms with van der Waals surface area (Å²) < 4.78 is 17.7. The average molecular weight is 324 g/mol. The Kier molecular flexibility index (Phi) is 4.42. The molecular formula is C19H20N2O3. The zero-order chi connectivity index (χ0) is 17.1. The smallest absolute Gasteiger partial charge is 0.162 e. The largest absolute Gasteiger partial charge is 0.497 e. The molecule has 0 spiro atoms. The molecule has 5 heteroatoms. The number of hydrogen-bond acceptors (Lipinski definition) is 4. The Hall–Kier alpha value is -2.95. The maximum absolute atomic E-state index is 5.34. The van der Waals surface area contributed by atoms with Crippen molar-refractivity contribution >= 4 is 16.7 Å². The molecule has 0 radical (unpaired) electrons. The molecule has 5 nitrogen and oxygen atoms in total. The van der Waals surface area contributed by atoms with Crippen LogP contribution in [0.5, 0.6) is 11.5 Å². The van der Waals surface area contributed by atoms with Gasteiger partial charge in [-0.2, -0.15) is 5.10 Å². The lowest BCUT2D eigenvalue weighted by atomic mass is 10.1. The van der Waals surface area contributed by atoms with Gasteiger partial charge < -0.3 is 14.2 Å². The number of hydrogen-bond donors (Lipinski definition) is 0. The Labute approximate surface area is 141 Å². The van der Waals surface area contributed by atoms with E-state index >= 15 is 0 Å². The molecule has 0 N–H and O–H groups in total. The van der Waals surface area contributed by atoms with Crippen LogP contribution in [0.25, 0.3) is 16.7 Å². The van der Waals surface area contributed by atoms with Crippen molar-refractivity contribution in [1.82, 2.24) is 9.78 Å². The zero-order valence-electron chi connectivity index (χ0n) is 14.1. The molecule has 1 aromatic heterocycles. The number of ether oxygens (including phenoxy) is 3. The molecular weight excluding hydrogens is 304 g/mol.